The average Bonchev–Trinajstić information content (AvgIpc) is 2.61. The Labute approximate surface area is 152 Å². The number of amides is 1. The highest BCUT2D eigenvalue weighted by molar-refractivity contribution is 5.97. The molecule has 134 valence electrons. The maximum atomic E-state index is 12.2. The Morgan fingerprint density at radius 2 is 1.77 bits per heavy atom. The standard InChI is InChI=1S/C20H20N2O4/c1-13(2)25-18-9-7-16(8-10-18)20(24)26-14(3)19(23)22-17-6-4-5-15(11-17)12-21/h4-11,13-14H,1-3H3,(H,22,23). The van der Waals surface area contributed by atoms with Gasteiger partial charge in [-0.1, -0.05) is 6.07 Å². The van der Waals surface area contributed by atoms with E-state index in [9.17, 15) is 9.59 Å². The van der Waals surface area contributed by atoms with E-state index in [-0.39, 0.29) is 6.10 Å². The molecule has 2 rings (SSSR count). The van der Waals surface area contributed by atoms with Crippen molar-refractivity contribution < 1.29 is 19.1 Å². The Hall–Kier alpha value is -3.33. The van der Waals surface area contributed by atoms with Gasteiger partial charge in [-0.3, -0.25) is 4.79 Å². The van der Waals surface area contributed by atoms with Crippen LogP contribution in [0.5, 0.6) is 5.75 Å². The smallest absolute Gasteiger partial charge is 0.338 e. The number of nitrogens with one attached hydrogen (secondary N) is 1. The Kier molecular flexibility index (Phi) is 6.34. The van der Waals surface area contributed by atoms with E-state index in [4.69, 9.17) is 14.7 Å². The number of anilines is 1. The van der Waals surface area contributed by atoms with Crippen molar-refractivity contribution in [1.82, 2.24) is 0 Å². The minimum absolute atomic E-state index is 0.0380. The lowest BCUT2D eigenvalue weighted by molar-refractivity contribution is -0.123. The van der Waals surface area contributed by atoms with Crippen LogP contribution < -0.4 is 10.1 Å². The molecular weight excluding hydrogens is 332 g/mol. The zero-order valence-electron chi connectivity index (χ0n) is 14.9. The number of benzene rings is 2. The van der Waals surface area contributed by atoms with Crippen molar-refractivity contribution >= 4 is 17.6 Å². The summed E-state index contributed by atoms with van der Waals surface area (Å²) in [5.41, 5.74) is 1.22. The van der Waals surface area contributed by atoms with Gasteiger partial charge in [-0.15, -0.1) is 0 Å². The number of nitrogens with zero attached hydrogens (tertiary/aromatic N) is 1. The van der Waals surface area contributed by atoms with Crippen LogP contribution in [-0.2, 0) is 9.53 Å². The van der Waals surface area contributed by atoms with Crippen molar-refractivity contribution in [3.8, 4) is 11.8 Å². The number of carbonyl (C=O) groups is 2. The summed E-state index contributed by atoms with van der Waals surface area (Å²) < 4.78 is 10.7. The molecule has 2 aromatic rings. The molecule has 1 atom stereocenters. The summed E-state index contributed by atoms with van der Waals surface area (Å²) in [6.45, 7) is 5.31. The summed E-state index contributed by atoms with van der Waals surface area (Å²) in [5.74, 6) is -0.428. The fraction of sp³-hybridized carbons (Fsp3) is 0.250. The summed E-state index contributed by atoms with van der Waals surface area (Å²) in [5, 5.41) is 11.5. The predicted molar refractivity (Wildman–Crippen MR) is 96.9 cm³/mol. The van der Waals surface area contributed by atoms with Crippen molar-refractivity contribution in [3.05, 3.63) is 59.7 Å². The molecule has 26 heavy (non-hydrogen) atoms. The molecule has 1 N–H and O–H groups in total. The van der Waals surface area contributed by atoms with Gasteiger partial charge >= 0.3 is 5.97 Å². The fourth-order valence-electron chi connectivity index (χ4n) is 2.13. The van der Waals surface area contributed by atoms with Crippen LogP contribution in [0.1, 0.15) is 36.7 Å². The minimum atomic E-state index is -0.986. The molecule has 0 fully saturated rings. The molecule has 2 aromatic carbocycles. The summed E-state index contributed by atoms with van der Waals surface area (Å²) >= 11 is 0. The first-order valence-corrected chi connectivity index (χ1v) is 8.17. The van der Waals surface area contributed by atoms with Crippen LogP contribution in [0.15, 0.2) is 48.5 Å². The Balaban J connectivity index is 1.95. The molecule has 0 spiro atoms. The maximum Gasteiger partial charge on any atom is 0.338 e. The number of ether oxygens (including phenoxy) is 2. The zero-order chi connectivity index (χ0) is 19.1. The first kappa shape index (κ1) is 19.0. The van der Waals surface area contributed by atoms with Crippen molar-refractivity contribution in [2.45, 2.75) is 33.0 Å². The molecule has 1 amide bonds. The second-order valence-electron chi connectivity index (χ2n) is 5.92. The zero-order valence-corrected chi connectivity index (χ0v) is 14.9. The fourth-order valence-corrected chi connectivity index (χ4v) is 2.13. The third-order valence-corrected chi connectivity index (χ3v) is 3.37. The second-order valence-corrected chi connectivity index (χ2v) is 5.92. The maximum absolute atomic E-state index is 12.2. The second kappa shape index (κ2) is 8.67. The molecule has 0 radical (unpaired) electrons. The Morgan fingerprint density at radius 3 is 2.38 bits per heavy atom. The topological polar surface area (TPSA) is 88.4 Å². The summed E-state index contributed by atoms with van der Waals surface area (Å²) in [7, 11) is 0. The van der Waals surface area contributed by atoms with Gasteiger partial charge in [0.1, 0.15) is 5.75 Å². The first-order chi connectivity index (χ1) is 12.4. The normalized spacial score (nSPS) is 11.3. The molecule has 0 aliphatic heterocycles. The van der Waals surface area contributed by atoms with Crippen LogP contribution in [0.2, 0.25) is 0 Å². The highest BCUT2D eigenvalue weighted by Gasteiger charge is 2.19. The van der Waals surface area contributed by atoms with E-state index in [1.54, 1.807) is 48.5 Å². The Bertz CT molecular complexity index is 822. The number of esters is 1. The van der Waals surface area contributed by atoms with Gasteiger partial charge in [-0.2, -0.15) is 5.26 Å². The molecule has 1 unspecified atom stereocenters. The van der Waals surface area contributed by atoms with Crippen molar-refractivity contribution in [2.24, 2.45) is 0 Å². The lowest BCUT2D eigenvalue weighted by atomic mass is 10.2. The van der Waals surface area contributed by atoms with E-state index < -0.39 is 18.0 Å². The van der Waals surface area contributed by atoms with Gasteiger partial charge in [0.15, 0.2) is 6.10 Å². The van der Waals surface area contributed by atoms with E-state index in [1.165, 1.54) is 6.92 Å². The molecule has 0 saturated heterocycles. The van der Waals surface area contributed by atoms with E-state index in [0.717, 1.165) is 0 Å². The van der Waals surface area contributed by atoms with Crippen LogP contribution in [0.25, 0.3) is 0 Å². The van der Waals surface area contributed by atoms with E-state index in [1.807, 2.05) is 19.9 Å². The highest BCUT2D eigenvalue weighted by Crippen LogP contribution is 2.15. The van der Waals surface area contributed by atoms with E-state index in [0.29, 0.717) is 22.6 Å². The van der Waals surface area contributed by atoms with Gasteiger partial charge in [0, 0.05) is 5.69 Å². The first-order valence-electron chi connectivity index (χ1n) is 8.17. The van der Waals surface area contributed by atoms with Crippen LogP contribution >= 0.6 is 0 Å². The van der Waals surface area contributed by atoms with E-state index >= 15 is 0 Å². The van der Waals surface area contributed by atoms with Gasteiger partial charge in [0.2, 0.25) is 0 Å². The monoisotopic (exact) mass is 352 g/mol. The summed E-state index contributed by atoms with van der Waals surface area (Å²) in [4.78, 5) is 24.3. The van der Waals surface area contributed by atoms with Gasteiger partial charge < -0.3 is 14.8 Å². The molecule has 0 aromatic heterocycles. The number of nitriles is 1. The predicted octanol–water partition coefficient (Wildman–Crippen LogP) is 3.53. The molecule has 6 nitrogen and oxygen atoms in total. The molecule has 0 bridgehead atoms. The van der Waals surface area contributed by atoms with Crippen molar-refractivity contribution in [3.63, 3.8) is 0 Å². The molecule has 0 aliphatic rings. The van der Waals surface area contributed by atoms with Gasteiger partial charge in [-0.05, 0) is 63.2 Å². The number of carbonyl (C=O) groups excluding carboxylic acids is 2. The summed E-state index contributed by atoms with van der Waals surface area (Å²) in [6.07, 6.45) is -0.948. The SMILES string of the molecule is CC(C)Oc1ccc(C(=O)OC(C)C(=O)Nc2cccc(C#N)c2)cc1. The third-order valence-electron chi connectivity index (χ3n) is 3.37. The Morgan fingerprint density at radius 1 is 1.08 bits per heavy atom. The lowest BCUT2D eigenvalue weighted by Crippen LogP contribution is -2.30. The quantitative estimate of drug-likeness (QED) is 0.804. The van der Waals surface area contributed by atoms with Crippen molar-refractivity contribution in [1.29, 1.82) is 5.26 Å². The average molecular weight is 352 g/mol. The highest BCUT2D eigenvalue weighted by atomic mass is 16.5. The molecule has 0 saturated carbocycles. The third kappa shape index (κ3) is 5.35. The van der Waals surface area contributed by atoms with Gasteiger partial charge in [-0.25, -0.2) is 4.79 Å². The van der Waals surface area contributed by atoms with Crippen LogP contribution in [0, 0.1) is 11.3 Å². The summed E-state index contributed by atoms with van der Waals surface area (Å²) in [6, 6.07) is 15.0. The van der Waals surface area contributed by atoms with Crippen LogP contribution in [-0.4, -0.2) is 24.1 Å². The van der Waals surface area contributed by atoms with Crippen molar-refractivity contribution in [2.75, 3.05) is 5.32 Å². The lowest BCUT2D eigenvalue weighted by Gasteiger charge is -2.14. The molecular formula is C20H20N2O4. The molecule has 6 heteroatoms. The van der Waals surface area contributed by atoms with Gasteiger partial charge in [0.05, 0.1) is 23.3 Å². The van der Waals surface area contributed by atoms with Crippen LogP contribution in [0.4, 0.5) is 5.69 Å². The number of hydrogen-bond donors (Lipinski definition) is 1. The van der Waals surface area contributed by atoms with Crippen LogP contribution in [0.3, 0.4) is 0 Å². The number of rotatable bonds is 6. The van der Waals surface area contributed by atoms with Gasteiger partial charge in [0.25, 0.3) is 5.91 Å². The largest absolute Gasteiger partial charge is 0.491 e. The molecule has 0 heterocycles. The minimum Gasteiger partial charge on any atom is -0.491 e. The molecule has 0 aliphatic carbocycles. The number of hydrogen-bond acceptors (Lipinski definition) is 5. The van der Waals surface area contributed by atoms with E-state index in [2.05, 4.69) is 5.32 Å².